The van der Waals surface area contributed by atoms with Crippen molar-refractivity contribution >= 4 is 28.7 Å². The molecule has 0 unspecified atom stereocenters. The van der Waals surface area contributed by atoms with Crippen molar-refractivity contribution < 1.29 is 13.9 Å². The first-order valence-corrected chi connectivity index (χ1v) is 10.0. The van der Waals surface area contributed by atoms with Gasteiger partial charge in [-0.1, -0.05) is 11.8 Å². The minimum Gasteiger partial charge on any atom is -0.372 e. The van der Waals surface area contributed by atoms with Crippen LogP contribution >= 0.6 is 11.8 Å². The molecule has 1 aliphatic rings. The molecular weight excluding hydrogens is 381 g/mol. The third kappa shape index (κ3) is 3.85. The van der Waals surface area contributed by atoms with Crippen LogP contribution in [0, 0.1) is 5.82 Å². The van der Waals surface area contributed by atoms with Gasteiger partial charge in [0.05, 0.1) is 35.2 Å². The Balaban J connectivity index is 1.52. The first kappa shape index (κ1) is 18.8. The zero-order chi connectivity index (χ0) is 19.7. The molecule has 1 aliphatic heterocycles. The van der Waals surface area contributed by atoms with Crippen molar-refractivity contribution in [2.75, 3.05) is 18.8 Å². The molecule has 1 amide bonds. The van der Waals surface area contributed by atoms with Crippen molar-refractivity contribution in [2.45, 2.75) is 31.1 Å². The molecular formula is C19H20FN5O2S. The van der Waals surface area contributed by atoms with Crippen LogP contribution in [-0.2, 0) is 9.53 Å². The summed E-state index contributed by atoms with van der Waals surface area (Å²) in [6, 6.07) is 6.04. The van der Waals surface area contributed by atoms with Gasteiger partial charge in [-0.2, -0.15) is 5.10 Å². The Hall–Kier alpha value is -2.52. The minimum atomic E-state index is -0.309. The summed E-state index contributed by atoms with van der Waals surface area (Å²) in [7, 11) is 0. The van der Waals surface area contributed by atoms with Gasteiger partial charge >= 0.3 is 0 Å². The Morgan fingerprint density at radius 2 is 1.93 bits per heavy atom. The molecule has 1 aromatic carbocycles. The van der Waals surface area contributed by atoms with Gasteiger partial charge in [-0.05, 0) is 38.1 Å². The predicted octanol–water partition coefficient (Wildman–Crippen LogP) is 2.68. The molecule has 9 heteroatoms. The summed E-state index contributed by atoms with van der Waals surface area (Å²) in [5, 5.41) is 5.81. The van der Waals surface area contributed by atoms with E-state index in [9.17, 15) is 9.18 Å². The summed E-state index contributed by atoms with van der Waals surface area (Å²) >= 11 is 1.37. The maximum Gasteiger partial charge on any atom is 0.233 e. The second-order valence-corrected chi connectivity index (χ2v) is 7.76. The number of carbonyl (C=O) groups excluding carboxylic acids is 1. The van der Waals surface area contributed by atoms with Crippen molar-refractivity contribution in [2.24, 2.45) is 0 Å². The number of rotatable bonds is 4. The molecule has 0 saturated carbocycles. The number of fused-ring (bicyclic) bond motifs is 1. The number of carbonyl (C=O) groups is 1. The van der Waals surface area contributed by atoms with Gasteiger partial charge in [0.25, 0.3) is 0 Å². The van der Waals surface area contributed by atoms with Crippen molar-refractivity contribution in [3.05, 3.63) is 42.6 Å². The Morgan fingerprint density at radius 1 is 1.21 bits per heavy atom. The Kier molecular flexibility index (Phi) is 5.27. The number of hydrogen-bond acceptors (Lipinski definition) is 6. The summed E-state index contributed by atoms with van der Waals surface area (Å²) in [5.74, 6) is 0.0360. The largest absolute Gasteiger partial charge is 0.372 e. The summed E-state index contributed by atoms with van der Waals surface area (Å²) in [6.45, 7) is 5.15. The maximum absolute atomic E-state index is 13.2. The van der Waals surface area contributed by atoms with Crippen LogP contribution in [0.4, 0.5) is 4.39 Å². The van der Waals surface area contributed by atoms with E-state index in [4.69, 9.17) is 4.74 Å². The average Bonchev–Trinajstić information content (AvgIpc) is 3.10. The lowest BCUT2D eigenvalue weighted by molar-refractivity contribution is -0.140. The van der Waals surface area contributed by atoms with Crippen LogP contribution in [0.15, 0.2) is 41.8 Å². The highest BCUT2D eigenvalue weighted by Gasteiger charge is 2.26. The van der Waals surface area contributed by atoms with E-state index in [1.807, 2.05) is 18.7 Å². The second-order valence-electron chi connectivity index (χ2n) is 6.79. The van der Waals surface area contributed by atoms with Crippen LogP contribution in [0.25, 0.3) is 16.7 Å². The fourth-order valence-electron chi connectivity index (χ4n) is 3.31. The van der Waals surface area contributed by atoms with Gasteiger partial charge in [0, 0.05) is 13.1 Å². The van der Waals surface area contributed by atoms with Gasteiger partial charge in [0.1, 0.15) is 17.2 Å². The molecule has 3 heterocycles. The molecule has 1 saturated heterocycles. The molecule has 1 fully saturated rings. The first-order chi connectivity index (χ1) is 13.5. The number of thioether (sulfide) groups is 1. The van der Waals surface area contributed by atoms with Crippen LogP contribution in [0.5, 0.6) is 0 Å². The van der Waals surface area contributed by atoms with E-state index < -0.39 is 0 Å². The quantitative estimate of drug-likeness (QED) is 0.494. The van der Waals surface area contributed by atoms with E-state index in [0.717, 1.165) is 5.39 Å². The number of aromatic nitrogens is 4. The highest BCUT2D eigenvalue weighted by Crippen LogP contribution is 2.26. The zero-order valence-corrected chi connectivity index (χ0v) is 16.4. The van der Waals surface area contributed by atoms with Gasteiger partial charge < -0.3 is 9.64 Å². The molecule has 0 aliphatic carbocycles. The smallest absolute Gasteiger partial charge is 0.233 e. The van der Waals surface area contributed by atoms with Crippen molar-refractivity contribution in [1.29, 1.82) is 0 Å². The van der Waals surface area contributed by atoms with Gasteiger partial charge in [-0.25, -0.2) is 19.0 Å². The zero-order valence-electron chi connectivity index (χ0n) is 15.6. The molecule has 146 valence electrons. The minimum absolute atomic E-state index is 0.0393. The number of amides is 1. The lowest BCUT2D eigenvalue weighted by Crippen LogP contribution is -2.48. The van der Waals surface area contributed by atoms with Crippen LogP contribution in [0.3, 0.4) is 0 Å². The number of ether oxygens (including phenoxy) is 1. The Labute approximate surface area is 165 Å². The highest BCUT2D eigenvalue weighted by atomic mass is 32.2. The van der Waals surface area contributed by atoms with Gasteiger partial charge in [0.2, 0.25) is 5.91 Å². The lowest BCUT2D eigenvalue weighted by atomic mass is 10.2. The monoisotopic (exact) mass is 401 g/mol. The molecule has 0 N–H and O–H groups in total. The third-order valence-electron chi connectivity index (χ3n) is 4.51. The molecule has 0 spiro atoms. The fourth-order valence-corrected chi connectivity index (χ4v) is 4.18. The van der Waals surface area contributed by atoms with Crippen LogP contribution in [-0.4, -0.2) is 61.6 Å². The van der Waals surface area contributed by atoms with Gasteiger partial charge in [-0.15, -0.1) is 0 Å². The molecule has 0 bridgehead atoms. The number of nitrogens with zero attached hydrogens (tertiary/aromatic N) is 5. The predicted molar refractivity (Wildman–Crippen MR) is 104 cm³/mol. The summed E-state index contributed by atoms with van der Waals surface area (Å²) in [4.78, 5) is 23.1. The molecule has 0 radical (unpaired) electrons. The SMILES string of the molecule is C[C@@H]1CN(C(=O)CSc2ncnc3c2cnn3-c2ccc(F)cc2)C[C@H](C)O1. The molecule has 2 aromatic heterocycles. The van der Waals surface area contributed by atoms with Crippen molar-refractivity contribution in [3.8, 4) is 5.69 Å². The molecule has 7 nitrogen and oxygen atoms in total. The standard InChI is InChI=1S/C19H20FN5O2S/c1-12-8-24(9-13(2)27-12)17(26)10-28-19-16-7-23-25(18(16)21-11-22-19)15-5-3-14(20)4-6-15/h3-7,11-13H,8-10H2,1-2H3/t12-,13+. The summed E-state index contributed by atoms with van der Waals surface area (Å²) in [5.41, 5.74) is 1.32. The Bertz CT molecular complexity index is 984. The van der Waals surface area contributed by atoms with Crippen molar-refractivity contribution in [1.82, 2.24) is 24.6 Å². The third-order valence-corrected chi connectivity index (χ3v) is 5.50. The number of morpholine rings is 1. The van der Waals surface area contributed by atoms with E-state index in [2.05, 4.69) is 15.1 Å². The van der Waals surface area contributed by atoms with E-state index in [1.165, 1.54) is 30.2 Å². The number of benzene rings is 1. The van der Waals surface area contributed by atoms with Crippen LogP contribution < -0.4 is 0 Å². The van der Waals surface area contributed by atoms with E-state index in [1.54, 1.807) is 23.0 Å². The molecule has 28 heavy (non-hydrogen) atoms. The van der Waals surface area contributed by atoms with Crippen molar-refractivity contribution in [3.63, 3.8) is 0 Å². The normalized spacial score (nSPS) is 19.9. The number of halogens is 1. The van der Waals surface area contributed by atoms with Gasteiger partial charge in [-0.3, -0.25) is 4.79 Å². The molecule has 3 aromatic rings. The first-order valence-electron chi connectivity index (χ1n) is 9.02. The summed E-state index contributed by atoms with van der Waals surface area (Å²) < 4.78 is 20.5. The van der Waals surface area contributed by atoms with Crippen LogP contribution in [0.1, 0.15) is 13.8 Å². The van der Waals surface area contributed by atoms with E-state index in [0.29, 0.717) is 29.5 Å². The molecule has 2 atom stereocenters. The molecule has 4 rings (SSSR count). The maximum atomic E-state index is 13.2. The van der Waals surface area contributed by atoms with E-state index in [-0.39, 0.29) is 29.7 Å². The van der Waals surface area contributed by atoms with E-state index >= 15 is 0 Å². The topological polar surface area (TPSA) is 73.1 Å². The highest BCUT2D eigenvalue weighted by molar-refractivity contribution is 8.00. The lowest BCUT2D eigenvalue weighted by Gasteiger charge is -2.35. The number of hydrogen-bond donors (Lipinski definition) is 0. The van der Waals surface area contributed by atoms with Gasteiger partial charge in [0.15, 0.2) is 5.65 Å². The average molecular weight is 401 g/mol. The fraction of sp³-hybridized carbons (Fsp3) is 0.368. The Morgan fingerprint density at radius 3 is 2.64 bits per heavy atom. The second kappa shape index (κ2) is 7.84. The summed E-state index contributed by atoms with van der Waals surface area (Å²) in [6.07, 6.45) is 3.20. The van der Waals surface area contributed by atoms with Crippen LogP contribution in [0.2, 0.25) is 0 Å².